The smallest absolute Gasteiger partial charge is 0.183 e. The summed E-state index contributed by atoms with van der Waals surface area (Å²) in [6.45, 7) is 2.08. The van der Waals surface area contributed by atoms with E-state index in [1.165, 1.54) is 29.0 Å². The fourth-order valence-electron chi connectivity index (χ4n) is 2.35. The molecule has 0 radical (unpaired) electrons. The van der Waals surface area contributed by atoms with Crippen LogP contribution in [-0.2, 0) is 0 Å². The Labute approximate surface area is 138 Å². The molecule has 3 nitrogen and oxygen atoms in total. The molecule has 0 aliphatic carbocycles. The van der Waals surface area contributed by atoms with E-state index in [-0.39, 0.29) is 11.9 Å². The molecule has 0 aliphatic heterocycles. The molecule has 0 spiro atoms. The van der Waals surface area contributed by atoms with Crippen molar-refractivity contribution in [3.05, 3.63) is 65.3 Å². The summed E-state index contributed by atoms with van der Waals surface area (Å²) in [5.74, 6) is 0.306. The number of nitrogens with zero attached hydrogens (tertiary/aromatic N) is 1. The molecule has 0 saturated carbocycles. The molecule has 0 amide bonds. The van der Waals surface area contributed by atoms with E-state index < -0.39 is 0 Å². The Kier molecular flexibility index (Phi) is 4.57. The van der Waals surface area contributed by atoms with Crippen molar-refractivity contribution in [2.75, 3.05) is 12.4 Å². The minimum Gasteiger partial charge on any atom is -0.496 e. The van der Waals surface area contributed by atoms with Gasteiger partial charge in [0.25, 0.3) is 0 Å². The number of methoxy groups -OCH3 is 1. The molecule has 1 N–H and O–H groups in total. The van der Waals surface area contributed by atoms with Gasteiger partial charge in [-0.2, -0.15) is 0 Å². The van der Waals surface area contributed by atoms with Crippen LogP contribution in [-0.4, -0.2) is 12.1 Å². The van der Waals surface area contributed by atoms with Crippen LogP contribution in [0.3, 0.4) is 0 Å². The van der Waals surface area contributed by atoms with E-state index in [0.29, 0.717) is 17.0 Å². The Morgan fingerprint density at radius 1 is 1.17 bits per heavy atom. The summed E-state index contributed by atoms with van der Waals surface area (Å²) < 4.78 is 18.8. The quantitative estimate of drug-likeness (QED) is 0.705. The maximum absolute atomic E-state index is 13.5. The van der Waals surface area contributed by atoms with Gasteiger partial charge in [-0.05, 0) is 30.7 Å². The van der Waals surface area contributed by atoms with Crippen LogP contribution in [0.25, 0.3) is 11.3 Å². The Balaban J connectivity index is 1.82. The summed E-state index contributed by atoms with van der Waals surface area (Å²) in [7, 11) is 1.57. The Morgan fingerprint density at radius 2 is 1.96 bits per heavy atom. The van der Waals surface area contributed by atoms with Crippen LogP contribution in [0.5, 0.6) is 5.75 Å². The zero-order chi connectivity index (χ0) is 16.2. The normalized spacial score (nSPS) is 12.0. The van der Waals surface area contributed by atoms with Crippen LogP contribution >= 0.6 is 11.3 Å². The van der Waals surface area contributed by atoms with Crippen LogP contribution < -0.4 is 10.1 Å². The second-order valence-corrected chi connectivity index (χ2v) is 6.02. The second-order valence-electron chi connectivity index (χ2n) is 5.16. The highest BCUT2D eigenvalue weighted by Crippen LogP contribution is 2.33. The minimum atomic E-state index is -0.305. The van der Waals surface area contributed by atoms with Gasteiger partial charge < -0.3 is 10.1 Å². The summed E-state index contributed by atoms with van der Waals surface area (Å²) in [6, 6.07) is 14.7. The number of hydrogen-bond acceptors (Lipinski definition) is 4. The van der Waals surface area contributed by atoms with Gasteiger partial charge in [-0.3, -0.25) is 0 Å². The number of halogens is 1. The molecular weight excluding hydrogens is 311 g/mol. The highest BCUT2D eigenvalue weighted by molar-refractivity contribution is 7.14. The van der Waals surface area contributed by atoms with Crippen LogP contribution in [0.15, 0.2) is 53.9 Å². The molecular formula is C18H17FN2OS. The number of anilines is 1. The van der Waals surface area contributed by atoms with Gasteiger partial charge in [-0.1, -0.05) is 30.3 Å². The number of rotatable bonds is 5. The lowest BCUT2D eigenvalue weighted by atomic mass is 10.1. The van der Waals surface area contributed by atoms with E-state index in [9.17, 15) is 4.39 Å². The molecule has 0 bridgehead atoms. The lowest BCUT2D eigenvalue weighted by Gasteiger charge is -2.12. The maximum Gasteiger partial charge on any atom is 0.183 e. The number of ether oxygens (including phenoxy) is 1. The van der Waals surface area contributed by atoms with Crippen molar-refractivity contribution < 1.29 is 9.13 Å². The zero-order valence-corrected chi connectivity index (χ0v) is 13.7. The number of nitrogens with one attached hydrogen (secondary N) is 1. The average Bonchev–Trinajstić information content (AvgIpc) is 3.04. The molecule has 3 aromatic rings. The van der Waals surface area contributed by atoms with Gasteiger partial charge in [-0.25, -0.2) is 9.37 Å². The Morgan fingerprint density at radius 3 is 2.70 bits per heavy atom. The molecule has 1 heterocycles. The molecule has 0 saturated heterocycles. The molecule has 0 fully saturated rings. The summed E-state index contributed by atoms with van der Waals surface area (Å²) in [6.07, 6.45) is 0. The minimum absolute atomic E-state index is 0.143. The predicted molar refractivity (Wildman–Crippen MR) is 92.5 cm³/mol. The van der Waals surface area contributed by atoms with Crippen molar-refractivity contribution in [2.24, 2.45) is 0 Å². The SMILES string of the molecule is COc1ccc(F)cc1-c1csc(N[C@H](C)c2ccccc2)n1. The van der Waals surface area contributed by atoms with Crippen LogP contribution in [0.1, 0.15) is 18.5 Å². The molecule has 3 rings (SSSR count). The van der Waals surface area contributed by atoms with E-state index in [2.05, 4.69) is 29.4 Å². The van der Waals surface area contributed by atoms with E-state index in [1.807, 2.05) is 23.6 Å². The summed E-state index contributed by atoms with van der Waals surface area (Å²) in [4.78, 5) is 4.56. The molecule has 0 aliphatic rings. The molecule has 1 aromatic heterocycles. The lowest BCUT2D eigenvalue weighted by molar-refractivity contribution is 0.415. The van der Waals surface area contributed by atoms with Gasteiger partial charge in [-0.15, -0.1) is 11.3 Å². The van der Waals surface area contributed by atoms with Crippen LogP contribution in [0.4, 0.5) is 9.52 Å². The number of benzene rings is 2. The van der Waals surface area contributed by atoms with Crippen molar-refractivity contribution in [1.82, 2.24) is 4.98 Å². The third kappa shape index (κ3) is 3.51. The molecule has 118 valence electrons. The van der Waals surface area contributed by atoms with Crippen molar-refractivity contribution in [1.29, 1.82) is 0 Å². The lowest BCUT2D eigenvalue weighted by Crippen LogP contribution is -2.05. The second kappa shape index (κ2) is 6.79. The topological polar surface area (TPSA) is 34.1 Å². The average molecular weight is 328 g/mol. The molecule has 1 atom stereocenters. The van der Waals surface area contributed by atoms with Crippen LogP contribution in [0, 0.1) is 5.82 Å². The summed E-state index contributed by atoms with van der Waals surface area (Å²) in [5, 5.41) is 6.07. The van der Waals surface area contributed by atoms with Gasteiger partial charge in [0, 0.05) is 10.9 Å². The molecule has 23 heavy (non-hydrogen) atoms. The van der Waals surface area contributed by atoms with Crippen molar-refractivity contribution >= 4 is 16.5 Å². The monoisotopic (exact) mass is 328 g/mol. The highest BCUT2D eigenvalue weighted by Gasteiger charge is 2.13. The molecule has 2 aromatic carbocycles. The first-order valence-corrected chi connectivity index (χ1v) is 8.16. The highest BCUT2D eigenvalue weighted by atomic mass is 32.1. The number of hydrogen-bond donors (Lipinski definition) is 1. The Bertz CT molecular complexity index is 789. The summed E-state index contributed by atoms with van der Waals surface area (Å²) in [5.41, 5.74) is 2.55. The first kappa shape index (κ1) is 15.5. The Hall–Kier alpha value is -2.40. The third-order valence-corrected chi connectivity index (χ3v) is 4.35. The van der Waals surface area contributed by atoms with E-state index in [0.717, 1.165) is 5.13 Å². The summed E-state index contributed by atoms with van der Waals surface area (Å²) >= 11 is 1.49. The molecule has 5 heteroatoms. The van der Waals surface area contributed by atoms with Gasteiger partial charge >= 0.3 is 0 Å². The first-order valence-electron chi connectivity index (χ1n) is 7.28. The molecule has 0 unspecified atom stereocenters. The van der Waals surface area contributed by atoms with E-state index in [4.69, 9.17) is 4.74 Å². The zero-order valence-electron chi connectivity index (χ0n) is 12.9. The van der Waals surface area contributed by atoms with E-state index >= 15 is 0 Å². The van der Waals surface area contributed by atoms with Crippen molar-refractivity contribution in [3.8, 4) is 17.0 Å². The largest absolute Gasteiger partial charge is 0.496 e. The number of aromatic nitrogens is 1. The first-order chi connectivity index (χ1) is 11.2. The van der Waals surface area contributed by atoms with Gasteiger partial charge in [0.1, 0.15) is 11.6 Å². The van der Waals surface area contributed by atoms with E-state index in [1.54, 1.807) is 13.2 Å². The van der Waals surface area contributed by atoms with Gasteiger partial charge in [0.2, 0.25) is 0 Å². The van der Waals surface area contributed by atoms with Crippen LogP contribution in [0.2, 0.25) is 0 Å². The standard InChI is InChI=1S/C18H17FN2OS/c1-12(13-6-4-3-5-7-13)20-18-21-16(11-23-18)15-10-14(19)8-9-17(15)22-2/h3-12H,1-2H3,(H,20,21)/t12-/m1/s1. The fraction of sp³-hybridized carbons (Fsp3) is 0.167. The van der Waals surface area contributed by atoms with Gasteiger partial charge in [0.05, 0.1) is 18.8 Å². The van der Waals surface area contributed by atoms with Crippen molar-refractivity contribution in [2.45, 2.75) is 13.0 Å². The predicted octanol–water partition coefficient (Wildman–Crippen LogP) is 5.13. The maximum atomic E-state index is 13.5. The number of thiazole rings is 1. The fourth-order valence-corrected chi connectivity index (χ4v) is 3.15. The third-order valence-electron chi connectivity index (χ3n) is 3.58. The van der Waals surface area contributed by atoms with Gasteiger partial charge in [0.15, 0.2) is 5.13 Å². The van der Waals surface area contributed by atoms with Crippen molar-refractivity contribution in [3.63, 3.8) is 0 Å².